The Balaban J connectivity index is 1.69. The molecule has 0 aromatic rings. The number of nitrogens with one attached hydrogen (secondary N) is 1. The Kier molecular flexibility index (Phi) is 6.30. The van der Waals surface area contributed by atoms with E-state index in [9.17, 15) is 4.21 Å². The highest BCUT2D eigenvalue weighted by Crippen LogP contribution is 2.22. The van der Waals surface area contributed by atoms with Gasteiger partial charge in [-0.25, -0.2) is 0 Å². The zero-order valence-electron chi connectivity index (χ0n) is 12.6. The summed E-state index contributed by atoms with van der Waals surface area (Å²) in [5.41, 5.74) is 0. The molecule has 112 valence electrons. The van der Waals surface area contributed by atoms with Crippen LogP contribution in [0.2, 0.25) is 0 Å². The molecule has 2 saturated heterocycles. The fourth-order valence-corrected chi connectivity index (χ4v) is 4.76. The standard InChI is InChI=1S/C15H30N2OS/c1-3-8-17-9-4-14(5-10-17)13(2)16-15-6-11-19(18)12-7-15/h13-16H,3-12H2,1-2H3. The molecule has 0 amide bonds. The maximum absolute atomic E-state index is 11.4. The molecule has 0 spiro atoms. The van der Waals surface area contributed by atoms with Gasteiger partial charge in [-0.15, -0.1) is 0 Å². The number of rotatable bonds is 5. The van der Waals surface area contributed by atoms with Crippen LogP contribution in [-0.2, 0) is 10.8 Å². The van der Waals surface area contributed by atoms with Crippen molar-refractivity contribution in [1.82, 2.24) is 10.2 Å². The normalized spacial score (nSPS) is 32.3. The first-order valence-electron chi connectivity index (χ1n) is 8.02. The maximum Gasteiger partial charge on any atom is 0.0249 e. The molecule has 2 heterocycles. The predicted molar refractivity (Wildman–Crippen MR) is 83.0 cm³/mol. The van der Waals surface area contributed by atoms with Crippen LogP contribution in [0, 0.1) is 5.92 Å². The van der Waals surface area contributed by atoms with E-state index >= 15 is 0 Å². The molecule has 2 aliphatic heterocycles. The quantitative estimate of drug-likeness (QED) is 0.839. The van der Waals surface area contributed by atoms with Crippen molar-refractivity contribution in [1.29, 1.82) is 0 Å². The van der Waals surface area contributed by atoms with Crippen molar-refractivity contribution in [3.05, 3.63) is 0 Å². The Labute approximate surface area is 121 Å². The summed E-state index contributed by atoms with van der Waals surface area (Å²) < 4.78 is 11.4. The Hall–Kier alpha value is 0.0700. The molecule has 19 heavy (non-hydrogen) atoms. The van der Waals surface area contributed by atoms with Crippen LogP contribution in [0.25, 0.3) is 0 Å². The van der Waals surface area contributed by atoms with Gasteiger partial charge in [-0.05, 0) is 64.6 Å². The summed E-state index contributed by atoms with van der Waals surface area (Å²) in [6.07, 6.45) is 6.16. The van der Waals surface area contributed by atoms with Gasteiger partial charge in [0.2, 0.25) is 0 Å². The van der Waals surface area contributed by atoms with Crippen molar-refractivity contribution >= 4 is 10.8 Å². The van der Waals surface area contributed by atoms with Gasteiger partial charge in [0.05, 0.1) is 0 Å². The minimum Gasteiger partial charge on any atom is -0.311 e. The van der Waals surface area contributed by atoms with Gasteiger partial charge in [-0.1, -0.05) is 6.92 Å². The summed E-state index contributed by atoms with van der Waals surface area (Å²) in [6.45, 7) is 8.44. The third-order valence-electron chi connectivity index (χ3n) is 4.77. The predicted octanol–water partition coefficient (Wildman–Crippen LogP) is 2.00. The maximum atomic E-state index is 11.4. The minimum atomic E-state index is -0.534. The van der Waals surface area contributed by atoms with Crippen molar-refractivity contribution in [3.8, 4) is 0 Å². The summed E-state index contributed by atoms with van der Waals surface area (Å²) in [7, 11) is -0.534. The molecule has 0 aromatic carbocycles. The molecule has 4 heteroatoms. The summed E-state index contributed by atoms with van der Waals surface area (Å²) in [5.74, 6) is 2.64. The van der Waals surface area contributed by atoms with Crippen LogP contribution in [0.4, 0.5) is 0 Å². The molecular formula is C15H30N2OS. The van der Waals surface area contributed by atoms with Crippen LogP contribution < -0.4 is 5.32 Å². The van der Waals surface area contributed by atoms with Gasteiger partial charge >= 0.3 is 0 Å². The third-order valence-corrected chi connectivity index (χ3v) is 6.15. The monoisotopic (exact) mass is 286 g/mol. The van der Waals surface area contributed by atoms with E-state index in [1.807, 2.05) is 0 Å². The fraction of sp³-hybridized carbons (Fsp3) is 1.00. The molecular weight excluding hydrogens is 256 g/mol. The van der Waals surface area contributed by atoms with E-state index in [1.165, 1.54) is 38.9 Å². The largest absolute Gasteiger partial charge is 0.311 e. The lowest BCUT2D eigenvalue weighted by Gasteiger charge is -2.37. The van der Waals surface area contributed by atoms with Gasteiger partial charge in [0.1, 0.15) is 0 Å². The van der Waals surface area contributed by atoms with Crippen LogP contribution in [0.15, 0.2) is 0 Å². The van der Waals surface area contributed by atoms with Gasteiger partial charge in [-0.2, -0.15) is 0 Å². The SMILES string of the molecule is CCCN1CCC(C(C)NC2CCS(=O)CC2)CC1. The van der Waals surface area contributed by atoms with Crippen molar-refractivity contribution in [2.75, 3.05) is 31.1 Å². The number of nitrogens with zero attached hydrogens (tertiary/aromatic N) is 1. The molecule has 1 N–H and O–H groups in total. The first kappa shape index (κ1) is 15.5. The van der Waals surface area contributed by atoms with Crippen molar-refractivity contribution in [2.24, 2.45) is 5.92 Å². The second-order valence-corrected chi connectivity index (χ2v) is 7.95. The van der Waals surface area contributed by atoms with E-state index in [1.54, 1.807) is 0 Å². The van der Waals surface area contributed by atoms with E-state index in [0.29, 0.717) is 12.1 Å². The highest BCUT2D eigenvalue weighted by Gasteiger charge is 2.26. The number of hydrogen-bond acceptors (Lipinski definition) is 3. The van der Waals surface area contributed by atoms with Gasteiger partial charge in [0, 0.05) is 34.4 Å². The molecule has 0 bridgehead atoms. The lowest BCUT2D eigenvalue weighted by molar-refractivity contribution is 0.157. The second kappa shape index (κ2) is 7.75. The second-order valence-electron chi connectivity index (χ2n) is 6.26. The minimum absolute atomic E-state index is 0.534. The topological polar surface area (TPSA) is 32.3 Å². The average Bonchev–Trinajstić information content (AvgIpc) is 2.42. The van der Waals surface area contributed by atoms with E-state index < -0.39 is 10.8 Å². The highest BCUT2D eigenvalue weighted by molar-refractivity contribution is 7.85. The summed E-state index contributed by atoms with van der Waals surface area (Å²) in [4.78, 5) is 2.60. The molecule has 0 radical (unpaired) electrons. The van der Waals surface area contributed by atoms with Crippen molar-refractivity contribution in [3.63, 3.8) is 0 Å². The molecule has 0 saturated carbocycles. The lowest BCUT2D eigenvalue weighted by atomic mass is 9.89. The number of likely N-dealkylation sites (tertiary alicyclic amines) is 1. The van der Waals surface area contributed by atoms with Crippen LogP contribution >= 0.6 is 0 Å². The van der Waals surface area contributed by atoms with Gasteiger partial charge in [0.25, 0.3) is 0 Å². The number of piperidine rings is 1. The van der Waals surface area contributed by atoms with E-state index in [-0.39, 0.29) is 0 Å². The molecule has 2 aliphatic rings. The smallest absolute Gasteiger partial charge is 0.0249 e. The Bertz CT molecular complexity index is 280. The number of hydrogen-bond donors (Lipinski definition) is 1. The summed E-state index contributed by atoms with van der Waals surface area (Å²) >= 11 is 0. The van der Waals surface area contributed by atoms with Crippen LogP contribution in [0.5, 0.6) is 0 Å². The zero-order valence-corrected chi connectivity index (χ0v) is 13.4. The first-order valence-corrected chi connectivity index (χ1v) is 9.51. The molecule has 3 nitrogen and oxygen atoms in total. The van der Waals surface area contributed by atoms with Gasteiger partial charge < -0.3 is 10.2 Å². The lowest BCUT2D eigenvalue weighted by Crippen LogP contribution is -2.47. The molecule has 1 atom stereocenters. The van der Waals surface area contributed by atoms with Crippen molar-refractivity contribution in [2.45, 2.75) is 58.0 Å². The van der Waals surface area contributed by atoms with Crippen LogP contribution in [0.1, 0.15) is 46.0 Å². The van der Waals surface area contributed by atoms with E-state index in [2.05, 4.69) is 24.1 Å². The molecule has 0 aliphatic carbocycles. The Morgan fingerprint density at radius 2 is 1.84 bits per heavy atom. The average molecular weight is 286 g/mol. The Morgan fingerprint density at radius 1 is 1.21 bits per heavy atom. The zero-order chi connectivity index (χ0) is 13.7. The molecule has 1 unspecified atom stereocenters. The summed E-state index contributed by atoms with van der Waals surface area (Å²) in [6, 6.07) is 1.24. The van der Waals surface area contributed by atoms with Crippen LogP contribution in [-0.4, -0.2) is 52.3 Å². The molecule has 0 aromatic heterocycles. The van der Waals surface area contributed by atoms with E-state index in [4.69, 9.17) is 0 Å². The molecule has 2 rings (SSSR count). The summed E-state index contributed by atoms with van der Waals surface area (Å²) in [5, 5.41) is 3.80. The van der Waals surface area contributed by atoms with Gasteiger partial charge in [0.15, 0.2) is 0 Å². The first-order chi connectivity index (χ1) is 9.19. The highest BCUT2D eigenvalue weighted by atomic mass is 32.2. The molecule has 2 fully saturated rings. The third kappa shape index (κ3) is 4.83. The Morgan fingerprint density at radius 3 is 2.42 bits per heavy atom. The van der Waals surface area contributed by atoms with Gasteiger partial charge in [-0.3, -0.25) is 4.21 Å². The fourth-order valence-electron chi connectivity index (χ4n) is 3.46. The van der Waals surface area contributed by atoms with Crippen LogP contribution in [0.3, 0.4) is 0 Å². The van der Waals surface area contributed by atoms with Crippen molar-refractivity contribution < 1.29 is 4.21 Å². The van der Waals surface area contributed by atoms with E-state index in [0.717, 1.165) is 30.3 Å².